The molecule has 0 radical (unpaired) electrons. The number of nitrogens with two attached hydrogens (primary N) is 1. The monoisotopic (exact) mass is 285 g/mol. The molecule has 0 spiro atoms. The molecule has 7 heteroatoms. The number of rotatable bonds is 3. The highest BCUT2D eigenvalue weighted by Crippen LogP contribution is 2.21. The lowest BCUT2D eigenvalue weighted by Crippen LogP contribution is -2.08. The maximum Gasteiger partial charge on any atom is 0.180 e. The first-order valence-corrected chi connectivity index (χ1v) is 7.41. The normalized spacial score (nSPS) is 11.7. The van der Waals surface area contributed by atoms with Gasteiger partial charge >= 0.3 is 0 Å². The fraction of sp³-hybridized carbons (Fsp3) is 0.182. The second kappa shape index (κ2) is 4.62. The molecule has 2 rings (SSSR count). The number of nitrogens with zero attached hydrogens (tertiary/aromatic N) is 2. The van der Waals surface area contributed by atoms with Gasteiger partial charge in [0, 0.05) is 11.3 Å². The molecule has 0 fully saturated rings. The Labute approximate surface area is 110 Å². The lowest BCUT2D eigenvalue weighted by Gasteiger charge is -2.06. The molecule has 0 saturated carbocycles. The maximum atomic E-state index is 11.4. The largest absolute Gasteiger partial charge is 0.383 e. The van der Waals surface area contributed by atoms with Crippen molar-refractivity contribution < 1.29 is 8.42 Å². The summed E-state index contributed by atoms with van der Waals surface area (Å²) in [5.74, 6) is 0.123. The molecule has 0 aliphatic carbocycles. The summed E-state index contributed by atoms with van der Waals surface area (Å²) in [6, 6.07) is 7.26. The highest BCUT2D eigenvalue weighted by Gasteiger charge is 2.17. The molecule has 1 aromatic carbocycles. The summed E-state index contributed by atoms with van der Waals surface area (Å²) in [5.41, 5.74) is 6.59. The van der Waals surface area contributed by atoms with Crippen molar-refractivity contribution in [3.05, 3.63) is 41.0 Å². The summed E-state index contributed by atoms with van der Waals surface area (Å²) in [4.78, 5) is 0.0366. The van der Waals surface area contributed by atoms with Crippen LogP contribution in [0.25, 0.3) is 0 Å². The Morgan fingerprint density at radius 2 is 2.06 bits per heavy atom. The smallest absolute Gasteiger partial charge is 0.180 e. The number of nitrogen functional groups attached to an aromatic ring is 1. The SMILES string of the molecule is CS(=O)(=O)c1cnn(Cc2ccccc2Cl)c1N. The number of benzene rings is 1. The predicted octanol–water partition coefficient (Wildman–Crippen LogP) is 1.57. The zero-order chi connectivity index (χ0) is 13.3. The van der Waals surface area contributed by atoms with Gasteiger partial charge in [-0.3, -0.25) is 0 Å². The van der Waals surface area contributed by atoms with Gasteiger partial charge in [-0.2, -0.15) is 5.10 Å². The number of hydrogen-bond acceptors (Lipinski definition) is 4. The van der Waals surface area contributed by atoms with Crippen LogP contribution in [0.15, 0.2) is 35.4 Å². The van der Waals surface area contributed by atoms with Crippen molar-refractivity contribution in [2.45, 2.75) is 11.4 Å². The van der Waals surface area contributed by atoms with E-state index in [9.17, 15) is 8.42 Å². The van der Waals surface area contributed by atoms with Gasteiger partial charge in [0.2, 0.25) is 0 Å². The average molecular weight is 286 g/mol. The van der Waals surface area contributed by atoms with Crippen molar-refractivity contribution in [2.75, 3.05) is 12.0 Å². The second-order valence-electron chi connectivity index (χ2n) is 3.92. The molecule has 0 saturated heterocycles. The van der Waals surface area contributed by atoms with Gasteiger partial charge in [-0.1, -0.05) is 29.8 Å². The predicted molar refractivity (Wildman–Crippen MR) is 70.3 cm³/mol. The van der Waals surface area contributed by atoms with Gasteiger partial charge in [-0.25, -0.2) is 13.1 Å². The number of halogens is 1. The van der Waals surface area contributed by atoms with Crippen LogP contribution in [-0.4, -0.2) is 24.5 Å². The summed E-state index contributed by atoms with van der Waals surface area (Å²) >= 11 is 6.02. The Hall–Kier alpha value is -1.53. The third-order valence-electron chi connectivity index (χ3n) is 2.52. The Balaban J connectivity index is 2.38. The van der Waals surface area contributed by atoms with Crippen molar-refractivity contribution in [3.8, 4) is 0 Å². The molecule has 2 N–H and O–H groups in total. The summed E-state index contributed by atoms with van der Waals surface area (Å²) in [7, 11) is -3.36. The first kappa shape index (κ1) is 12.9. The van der Waals surface area contributed by atoms with E-state index < -0.39 is 9.84 Å². The fourth-order valence-electron chi connectivity index (χ4n) is 1.58. The van der Waals surface area contributed by atoms with Crippen LogP contribution in [0.5, 0.6) is 0 Å². The highest BCUT2D eigenvalue weighted by molar-refractivity contribution is 7.90. The van der Waals surface area contributed by atoms with Crippen LogP contribution in [0.3, 0.4) is 0 Å². The van der Waals surface area contributed by atoms with E-state index in [1.165, 1.54) is 10.9 Å². The van der Waals surface area contributed by atoms with E-state index in [4.69, 9.17) is 17.3 Å². The molecule has 0 atom stereocenters. The summed E-state index contributed by atoms with van der Waals surface area (Å²) in [6.45, 7) is 0.334. The van der Waals surface area contributed by atoms with Gasteiger partial charge in [0.1, 0.15) is 10.7 Å². The van der Waals surface area contributed by atoms with E-state index in [2.05, 4.69) is 5.10 Å². The zero-order valence-corrected chi connectivity index (χ0v) is 11.2. The zero-order valence-electron chi connectivity index (χ0n) is 9.67. The van der Waals surface area contributed by atoms with E-state index >= 15 is 0 Å². The molecule has 0 aliphatic heterocycles. The molecule has 2 aromatic rings. The molecule has 18 heavy (non-hydrogen) atoms. The first-order valence-electron chi connectivity index (χ1n) is 5.14. The quantitative estimate of drug-likeness (QED) is 0.928. The Morgan fingerprint density at radius 1 is 1.39 bits per heavy atom. The Bertz CT molecular complexity index is 679. The molecule has 96 valence electrons. The molecule has 0 aliphatic rings. The van der Waals surface area contributed by atoms with E-state index in [1.54, 1.807) is 6.07 Å². The van der Waals surface area contributed by atoms with E-state index in [1.807, 2.05) is 18.2 Å². The molecular formula is C11H12ClN3O2S. The van der Waals surface area contributed by atoms with Gasteiger partial charge in [-0.15, -0.1) is 0 Å². The molecule has 0 amide bonds. The van der Waals surface area contributed by atoms with Gasteiger partial charge in [0.05, 0.1) is 12.7 Å². The fourth-order valence-corrected chi connectivity index (χ4v) is 2.50. The second-order valence-corrected chi connectivity index (χ2v) is 6.31. The van der Waals surface area contributed by atoms with Gasteiger partial charge in [0.15, 0.2) is 9.84 Å². The van der Waals surface area contributed by atoms with Crippen LogP contribution in [0.2, 0.25) is 5.02 Å². The minimum atomic E-state index is -3.36. The number of aromatic nitrogens is 2. The minimum Gasteiger partial charge on any atom is -0.383 e. The summed E-state index contributed by atoms with van der Waals surface area (Å²) < 4.78 is 24.3. The number of sulfone groups is 1. The lowest BCUT2D eigenvalue weighted by molar-refractivity contribution is 0.602. The highest BCUT2D eigenvalue weighted by atomic mass is 35.5. The number of hydrogen-bond donors (Lipinski definition) is 1. The Kier molecular flexibility index (Phi) is 3.32. The van der Waals surface area contributed by atoms with Crippen LogP contribution in [0, 0.1) is 0 Å². The third kappa shape index (κ3) is 2.49. The van der Waals surface area contributed by atoms with Crippen LogP contribution >= 0.6 is 11.6 Å². The molecule has 5 nitrogen and oxygen atoms in total. The van der Waals surface area contributed by atoms with Gasteiger partial charge < -0.3 is 5.73 Å². The van der Waals surface area contributed by atoms with Crippen molar-refractivity contribution in [2.24, 2.45) is 0 Å². The molecular weight excluding hydrogens is 274 g/mol. The van der Waals surface area contributed by atoms with Crippen LogP contribution in [0.1, 0.15) is 5.56 Å². The minimum absolute atomic E-state index is 0.0366. The van der Waals surface area contributed by atoms with Crippen LogP contribution in [0.4, 0.5) is 5.82 Å². The van der Waals surface area contributed by atoms with Gasteiger partial charge in [-0.05, 0) is 11.6 Å². The van der Waals surface area contributed by atoms with Crippen molar-refractivity contribution >= 4 is 27.3 Å². The standard InChI is InChI=1S/C11H12ClN3O2S/c1-18(16,17)10-6-14-15(11(10)13)7-8-4-2-3-5-9(8)12/h2-6H,7,13H2,1H3. The lowest BCUT2D eigenvalue weighted by atomic mass is 10.2. The molecule has 0 unspecified atom stereocenters. The van der Waals surface area contributed by atoms with E-state index in [0.717, 1.165) is 11.8 Å². The van der Waals surface area contributed by atoms with Crippen LogP contribution in [-0.2, 0) is 16.4 Å². The number of anilines is 1. The average Bonchev–Trinajstić information content (AvgIpc) is 2.63. The third-order valence-corrected chi connectivity index (χ3v) is 4.00. The summed E-state index contributed by atoms with van der Waals surface area (Å²) in [5, 5.41) is 4.56. The maximum absolute atomic E-state index is 11.4. The molecule has 1 heterocycles. The summed E-state index contributed by atoms with van der Waals surface area (Å²) in [6.07, 6.45) is 2.35. The van der Waals surface area contributed by atoms with Gasteiger partial charge in [0.25, 0.3) is 0 Å². The topological polar surface area (TPSA) is 78.0 Å². The first-order chi connectivity index (χ1) is 8.39. The molecule has 0 bridgehead atoms. The van der Waals surface area contributed by atoms with Crippen LogP contribution < -0.4 is 5.73 Å². The van der Waals surface area contributed by atoms with E-state index in [0.29, 0.717) is 11.6 Å². The Morgan fingerprint density at radius 3 is 2.61 bits per heavy atom. The van der Waals surface area contributed by atoms with E-state index in [-0.39, 0.29) is 10.7 Å². The van der Waals surface area contributed by atoms with Crippen molar-refractivity contribution in [1.82, 2.24) is 9.78 Å². The molecule has 1 aromatic heterocycles. The van der Waals surface area contributed by atoms with Crippen molar-refractivity contribution in [3.63, 3.8) is 0 Å². The van der Waals surface area contributed by atoms with Crippen molar-refractivity contribution in [1.29, 1.82) is 0 Å².